The van der Waals surface area contributed by atoms with Crippen LogP contribution in [0.15, 0.2) is 0 Å². The summed E-state index contributed by atoms with van der Waals surface area (Å²) in [6.07, 6.45) is 6.05. The number of ether oxygens (including phenoxy) is 1. The van der Waals surface area contributed by atoms with E-state index in [1.54, 1.807) is 0 Å². The molecule has 0 spiro atoms. The maximum atomic E-state index is 9.39. The number of likely N-dealkylation sites (tertiary alicyclic amines) is 1. The summed E-state index contributed by atoms with van der Waals surface area (Å²) >= 11 is 0. The van der Waals surface area contributed by atoms with Crippen molar-refractivity contribution in [2.45, 2.75) is 45.1 Å². The average Bonchev–Trinajstić information content (AvgIpc) is 2.45. The number of piperidine rings is 1. The summed E-state index contributed by atoms with van der Waals surface area (Å²) in [5.74, 6) is 0. The highest BCUT2D eigenvalue weighted by atomic mass is 16.5. The van der Waals surface area contributed by atoms with Crippen molar-refractivity contribution in [2.75, 3.05) is 46.0 Å². The van der Waals surface area contributed by atoms with Gasteiger partial charge in [-0.15, -0.1) is 0 Å². The van der Waals surface area contributed by atoms with E-state index in [0.717, 1.165) is 45.8 Å². The standard InChI is InChI=1S/C15H30N2O2/c1-15(5-10-19-11-6-15)13-16-7-9-17-8-3-2-4-14(17)12-18/h14,16,18H,2-13H2,1H3. The Hall–Kier alpha value is -0.160. The molecule has 2 fully saturated rings. The Morgan fingerprint density at radius 1 is 1.32 bits per heavy atom. The molecule has 0 aliphatic carbocycles. The zero-order chi connectivity index (χ0) is 13.6. The van der Waals surface area contributed by atoms with E-state index >= 15 is 0 Å². The van der Waals surface area contributed by atoms with E-state index < -0.39 is 0 Å². The number of aliphatic hydroxyl groups excluding tert-OH is 1. The van der Waals surface area contributed by atoms with Gasteiger partial charge in [0.25, 0.3) is 0 Å². The van der Waals surface area contributed by atoms with E-state index in [9.17, 15) is 5.11 Å². The molecule has 0 aromatic heterocycles. The predicted octanol–water partition coefficient (Wildman–Crippen LogP) is 1.24. The van der Waals surface area contributed by atoms with Gasteiger partial charge in [0.05, 0.1) is 6.61 Å². The minimum atomic E-state index is 0.315. The Balaban J connectivity index is 1.62. The highest BCUT2D eigenvalue weighted by Gasteiger charge is 2.27. The molecule has 0 aromatic rings. The number of nitrogens with one attached hydrogen (secondary N) is 1. The van der Waals surface area contributed by atoms with Crippen LogP contribution in [0.3, 0.4) is 0 Å². The SMILES string of the molecule is CC1(CNCCN2CCCCC2CO)CCOCC1. The number of rotatable bonds is 6. The van der Waals surface area contributed by atoms with Gasteiger partial charge in [-0.05, 0) is 37.6 Å². The molecule has 0 amide bonds. The number of hydrogen-bond donors (Lipinski definition) is 2. The summed E-state index contributed by atoms with van der Waals surface area (Å²) in [6, 6.07) is 0.397. The van der Waals surface area contributed by atoms with Crippen LogP contribution in [0.25, 0.3) is 0 Å². The zero-order valence-electron chi connectivity index (χ0n) is 12.4. The Labute approximate surface area is 117 Å². The molecule has 0 radical (unpaired) electrons. The summed E-state index contributed by atoms with van der Waals surface area (Å²) in [6.45, 7) is 8.85. The highest BCUT2D eigenvalue weighted by molar-refractivity contribution is 4.81. The number of aliphatic hydroxyl groups is 1. The Morgan fingerprint density at radius 2 is 2.11 bits per heavy atom. The van der Waals surface area contributed by atoms with Gasteiger partial charge in [0.2, 0.25) is 0 Å². The van der Waals surface area contributed by atoms with Gasteiger partial charge >= 0.3 is 0 Å². The van der Waals surface area contributed by atoms with Crippen molar-refractivity contribution in [3.63, 3.8) is 0 Å². The number of hydrogen-bond acceptors (Lipinski definition) is 4. The highest BCUT2D eigenvalue weighted by Crippen LogP contribution is 2.28. The lowest BCUT2D eigenvalue weighted by molar-refractivity contribution is 0.0233. The molecule has 2 saturated heterocycles. The molecule has 4 nitrogen and oxygen atoms in total. The molecule has 0 aromatic carbocycles. The second kappa shape index (κ2) is 7.58. The van der Waals surface area contributed by atoms with Gasteiger partial charge in [0.15, 0.2) is 0 Å². The fourth-order valence-corrected chi connectivity index (χ4v) is 3.21. The van der Waals surface area contributed by atoms with E-state index in [0.29, 0.717) is 18.1 Å². The third kappa shape index (κ3) is 4.71. The maximum Gasteiger partial charge on any atom is 0.0586 e. The van der Waals surface area contributed by atoms with Crippen LogP contribution >= 0.6 is 0 Å². The quantitative estimate of drug-likeness (QED) is 0.713. The van der Waals surface area contributed by atoms with Gasteiger partial charge in [-0.3, -0.25) is 4.90 Å². The van der Waals surface area contributed by atoms with Gasteiger partial charge in [0, 0.05) is 38.9 Å². The Kier molecular flexibility index (Phi) is 6.07. The first-order chi connectivity index (χ1) is 9.23. The van der Waals surface area contributed by atoms with Crippen LogP contribution in [-0.2, 0) is 4.74 Å². The van der Waals surface area contributed by atoms with Gasteiger partial charge < -0.3 is 15.2 Å². The van der Waals surface area contributed by atoms with E-state index in [2.05, 4.69) is 17.1 Å². The predicted molar refractivity (Wildman–Crippen MR) is 77.3 cm³/mol. The van der Waals surface area contributed by atoms with Gasteiger partial charge in [-0.25, -0.2) is 0 Å². The Bertz CT molecular complexity index is 255. The monoisotopic (exact) mass is 270 g/mol. The topological polar surface area (TPSA) is 44.7 Å². The van der Waals surface area contributed by atoms with Crippen molar-refractivity contribution in [1.82, 2.24) is 10.2 Å². The zero-order valence-corrected chi connectivity index (χ0v) is 12.4. The van der Waals surface area contributed by atoms with Crippen LogP contribution in [0.2, 0.25) is 0 Å². The molecule has 112 valence electrons. The van der Waals surface area contributed by atoms with Crippen LogP contribution < -0.4 is 5.32 Å². The molecule has 0 bridgehead atoms. The molecule has 19 heavy (non-hydrogen) atoms. The van der Waals surface area contributed by atoms with Crippen molar-refractivity contribution >= 4 is 0 Å². The summed E-state index contributed by atoms with van der Waals surface area (Å²) < 4.78 is 5.43. The summed E-state index contributed by atoms with van der Waals surface area (Å²) in [4.78, 5) is 2.45. The maximum absolute atomic E-state index is 9.39. The average molecular weight is 270 g/mol. The van der Waals surface area contributed by atoms with Crippen LogP contribution in [0.5, 0.6) is 0 Å². The van der Waals surface area contributed by atoms with Crippen LogP contribution in [0.1, 0.15) is 39.0 Å². The van der Waals surface area contributed by atoms with E-state index in [1.165, 1.54) is 25.7 Å². The third-order valence-electron chi connectivity index (χ3n) is 4.79. The molecule has 2 aliphatic rings. The lowest BCUT2D eigenvalue weighted by atomic mass is 9.82. The van der Waals surface area contributed by atoms with E-state index in [4.69, 9.17) is 4.74 Å². The van der Waals surface area contributed by atoms with Crippen LogP contribution in [-0.4, -0.2) is 62.0 Å². The molecule has 2 rings (SSSR count). The fraction of sp³-hybridized carbons (Fsp3) is 1.00. The summed E-state index contributed by atoms with van der Waals surface area (Å²) in [7, 11) is 0. The molecule has 0 saturated carbocycles. The fourth-order valence-electron chi connectivity index (χ4n) is 3.21. The van der Waals surface area contributed by atoms with E-state index in [-0.39, 0.29) is 0 Å². The molecular weight excluding hydrogens is 240 g/mol. The van der Waals surface area contributed by atoms with Gasteiger partial charge in [-0.2, -0.15) is 0 Å². The molecule has 4 heteroatoms. The third-order valence-corrected chi connectivity index (χ3v) is 4.79. The lowest BCUT2D eigenvalue weighted by Crippen LogP contribution is -2.46. The van der Waals surface area contributed by atoms with Crippen LogP contribution in [0.4, 0.5) is 0 Å². The first-order valence-corrected chi connectivity index (χ1v) is 7.87. The Morgan fingerprint density at radius 3 is 2.84 bits per heavy atom. The van der Waals surface area contributed by atoms with Crippen molar-refractivity contribution in [1.29, 1.82) is 0 Å². The van der Waals surface area contributed by atoms with Gasteiger partial charge in [-0.1, -0.05) is 13.3 Å². The molecule has 1 unspecified atom stereocenters. The minimum Gasteiger partial charge on any atom is -0.395 e. The van der Waals surface area contributed by atoms with Crippen molar-refractivity contribution in [2.24, 2.45) is 5.41 Å². The molecule has 2 aliphatic heterocycles. The normalized spacial score (nSPS) is 28.4. The van der Waals surface area contributed by atoms with Crippen molar-refractivity contribution in [3.05, 3.63) is 0 Å². The van der Waals surface area contributed by atoms with E-state index in [1.807, 2.05) is 0 Å². The van der Waals surface area contributed by atoms with Gasteiger partial charge in [0.1, 0.15) is 0 Å². The largest absolute Gasteiger partial charge is 0.395 e. The van der Waals surface area contributed by atoms with Crippen molar-refractivity contribution in [3.8, 4) is 0 Å². The molecule has 2 heterocycles. The second-order valence-corrected chi connectivity index (χ2v) is 6.47. The smallest absolute Gasteiger partial charge is 0.0586 e. The molecular formula is C15H30N2O2. The first-order valence-electron chi connectivity index (χ1n) is 7.87. The lowest BCUT2D eigenvalue weighted by Gasteiger charge is -2.36. The summed E-state index contributed by atoms with van der Waals surface area (Å²) in [5, 5.41) is 13.0. The summed E-state index contributed by atoms with van der Waals surface area (Å²) in [5.41, 5.74) is 0.413. The minimum absolute atomic E-state index is 0.315. The molecule has 1 atom stereocenters. The van der Waals surface area contributed by atoms with Crippen molar-refractivity contribution < 1.29 is 9.84 Å². The number of nitrogens with zero attached hydrogens (tertiary/aromatic N) is 1. The van der Waals surface area contributed by atoms with Crippen LogP contribution in [0, 0.1) is 5.41 Å². The second-order valence-electron chi connectivity index (χ2n) is 6.47. The molecule has 2 N–H and O–H groups in total. The first kappa shape index (κ1) is 15.2.